The molecule has 2 rings (SSSR count). The number of hydrogen-bond donors (Lipinski definition) is 0. The lowest BCUT2D eigenvalue weighted by Gasteiger charge is -2.10. The summed E-state index contributed by atoms with van der Waals surface area (Å²) in [5, 5.41) is 25.4. The minimum absolute atomic E-state index is 0.0493. The van der Waals surface area contributed by atoms with Gasteiger partial charge in [0.1, 0.15) is 0 Å². The van der Waals surface area contributed by atoms with Crippen LogP contribution in [0.1, 0.15) is 94.1 Å². The Hall–Kier alpha value is -2.74. The van der Waals surface area contributed by atoms with Crippen LogP contribution in [0.5, 0.6) is 0 Å². The van der Waals surface area contributed by atoms with Crippen molar-refractivity contribution in [3.63, 3.8) is 0 Å². The SMILES string of the molecule is CCCCCCCCCCC(Cc1noc(C#N)n1)c1noc(C#N)n1. The monoisotopic (exact) mass is 356 g/mol. The summed E-state index contributed by atoms with van der Waals surface area (Å²) < 4.78 is 9.73. The highest BCUT2D eigenvalue weighted by atomic mass is 16.5. The molecule has 0 fully saturated rings. The van der Waals surface area contributed by atoms with Crippen molar-refractivity contribution in [3.05, 3.63) is 23.4 Å². The van der Waals surface area contributed by atoms with Crippen LogP contribution >= 0.6 is 0 Å². The van der Waals surface area contributed by atoms with Gasteiger partial charge in [0.15, 0.2) is 23.8 Å². The summed E-state index contributed by atoms with van der Waals surface area (Å²) in [6.07, 6.45) is 11.1. The Morgan fingerprint density at radius 2 is 1.46 bits per heavy atom. The zero-order chi connectivity index (χ0) is 18.6. The third-order valence-corrected chi connectivity index (χ3v) is 4.30. The second-order valence-electron chi connectivity index (χ2n) is 6.36. The van der Waals surface area contributed by atoms with Crippen molar-refractivity contribution in [2.24, 2.45) is 0 Å². The van der Waals surface area contributed by atoms with Crippen molar-refractivity contribution in [2.45, 2.75) is 77.0 Å². The summed E-state index contributed by atoms with van der Waals surface area (Å²) in [5.74, 6) is 0.746. The van der Waals surface area contributed by atoms with Crippen LogP contribution in [0.15, 0.2) is 9.05 Å². The maximum atomic E-state index is 8.87. The summed E-state index contributed by atoms with van der Waals surface area (Å²) >= 11 is 0. The van der Waals surface area contributed by atoms with Gasteiger partial charge in [-0.2, -0.15) is 20.5 Å². The molecule has 0 bridgehead atoms. The molecule has 0 aliphatic rings. The number of aromatic nitrogens is 4. The van der Waals surface area contributed by atoms with Gasteiger partial charge < -0.3 is 9.05 Å². The van der Waals surface area contributed by atoms with Crippen LogP contribution in [0, 0.1) is 22.7 Å². The molecule has 8 nitrogen and oxygen atoms in total. The zero-order valence-electron chi connectivity index (χ0n) is 15.1. The first-order valence-electron chi connectivity index (χ1n) is 9.23. The lowest BCUT2D eigenvalue weighted by atomic mass is 9.96. The first-order chi connectivity index (χ1) is 12.8. The lowest BCUT2D eigenvalue weighted by Crippen LogP contribution is -2.07. The average molecular weight is 356 g/mol. The Bertz CT molecular complexity index is 739. The van der Waals surface area contributed by atoms with Gasteiger partial charge in [-0.05, 0) is 6.42 Å². The third kappa shape index (κ3) is 6.29. The van der Waals surface area contributed by atoms with Crippen LogP contribution in [-0.2, 0) is 6.42 Å². The fourth-order valence-electron chi connectivity index (χ4n) is 2.90. The zero-order valence-corrected chi connectivity index (χ0v) is 15.1. The van der Waals surface area contributed by atoms with E-state index in [9.17, 15) is 0 Å². The Kier molecular flexibility index (Phi) is 8.28. The molecule has 0 amide bonds. The van der Waals surface area contributed by atoms with Gasteiger partial charge in [0.2, 0.25) is 0 Å². The predicted octanol–water partition coefficient (Wildman–Crippen LogP) is 4.05. The number of unbranched alkanes of at least 4 members (excludes halogenated alkanes) is 7. The molecule has 2 aromatic heterocycles. The fourth-order valence-corrected chi connectivity index (χ4v) is 2.90. The van der Waals surface area contributed by atoms with Crippen molar-refractivity contribution >= 4 is 0 Å². The van der Waals surface area contributed by atoms with Gasteiger partial charge in [-0.1, -0.05) is 68.6 Å². The molecule has 8 heteroatoms. The predicted molar refractivity (Wildman–Crippen MR) is 91.7 cm³/mol. The lowest BCUT2D eigenvalue weighted by molar-refractivity contribution is 0.383. The number of rotatable bonds is 12. The van der Waals surface area contributed by atoms with E-state index in [2.05, 4.69) is 27.2 Å². The first-order valence-corrected chi connectivity index (χ1v) is 9.23. The molecule has 2 heterocycles. The van der Waals surface area contributed by atoms with Gasteiger partial charge in [0.05, 0.1) is 0 Å². The summed E-state index contributed by atoms with van der Waals surface area (Å²) in [7, 11) is 0. The highest BCUT2D eigenvalue weighted by molar-refractivity contribution is 5.09. The smallest absolute Gasteiger partial charge is 0.323 e. The Morgan fingerprint density at radius 3 is 2.08 bits per heavy atom. The maximum Gasteiger partial charge on any atom is 0.329 e. The molecular weight excluding hydrogens is 332 g/mol. The fraction of sp³-hybridized carbons (Fsp3) is 0.667. The quantitative estimate of drug-likeness (QED) is 0.521. The molecule has 0 aliphatic heterocycles. The molecule has 138 valence electrons. The van der Waals surface area contributed by atoms with Crippen molar-refractivity contribution in [1.82, 2.24) is 20.3 Å². The summed E-state index contributed by atoms with van der Waals surface area (Å²) in [4.78, 5) is 8.13. The summed E-state index contributed by atoms with van der Waals surface area (Å²) in [5.41, 5.74) is 0. The van der Waals surface area contributed by atoms with Crippen LogP contribution in [0.2, 0.25) is 0 Å². The normalized spacial score (nSPS) is 11.8. The van der Waals surface area contributed by atoms with Gasteiger partial charge in [-0.15, -0.1) is 0 Å². The van der Waals surface area contributed by atoms with E-state index >= 15 is 0 Å². The third-order valence-electron chi connectivity index (χ3n) is 4.30. The highest BCUT2D eigenvalue weighted by Crippen LogP contribution is 2.24. The van der Waals surface area contributed by atoms with Gasteiger partial charge in [0.25, 0.3) is 0 Å². The largest absolute Gasteiger partial charge is 0.329 e. The van der Waals surface area contributed by atoms with Crippen LogP contribution in [0.25, 0.3) is 0 Å². The molecular formula is C18H24N6O2. The molecule has 0 spiro atoms. The number of nitriles is 2. The van der Waals surface area contributed by atoms with E-state index in [0.717, 1.165) is 19.3 Å². The van der Waals surface area contributed by atoms with Crippen LogP contribution in [0.3, 0.4) is 0 Å². The van der Waals surface area contributed by atoms with E-state index in [0.29, 0.717) is 18.1 Å². The highest BCUT2D eigenvalue weighted by Gasteiger charge is 2.21. The molecule has 1 atom stereocenters. The minimum atomic E-state index is -0.0647. The maximum absolute atomic E-state index is 8.87. The second kappa shape index (κ2) is 11.0. The summed E-state index contributed by atoms with van der Waals surface area (Å²) in [6.45, 7) is 2.22. The first kappa shape index (κ1) is 19.6. The molecule has 0 N–H and O–H groups in total. The molecule has 26 heavy (non-hydrogen) atoms. The van der Waals surface area contributed by atoms with Crippen LogP contribution < -0.4 is 0 Å². The molecule has 0 aliphatic carbocycles. The molecule has 0 radical (unpaired) electrons. The second-order valence-corrected chi connectivity index (χ2v) is 6.36. The van der Waals surface area contributed by atoms with Gasteiger partial charge in [-0.3, -0.25) is 0 Å². The molecule has 0 saturated heterocycles. The molecule has 0 aromatic carbocycles. The molecule has 0 saturated carbocycles. The molecule has 1 unspecified atom stereocenters. The number of hydrogen-bond acceptors (Lipinski definition) is 8. The van der Waals surface area contributed by atoms with Gasteiger partial charge in [-0.25, -0.2) is 0 Å². The van der Waals surface area contributed by atoms with E-state index in [-0.39, 0.29) is 17.7 Å². The van der Waals surface area contributed by atoms with Crippen molar-refractivity contribution in [3.8, 4) is 12.1 Å². The summed E-state index contributed by atoms with van der Waals surface area (Å²) in [6, 6.07) is 3.67. The van der Waals surface area contributed by atoms with E-state index in [4.69, 9.17) is 19.6 Å². The van der Waals surface area contributed by atoms with Crippen LogP contribution in [0.4, 0.5) is 0 Å². The average Bonchev–Trinajstić information content (AvgIpc) is 3.31. The van der Waals surface area contributed by atoms with Gasteiger partial charge >= 0.3 is 11.8 Å². The van der Waals surface area contributed by atoms with E-state index in [1.165, 1.54) is 38.5 Å². The van der Waals surface area contributed by atoms with E-state index in [1.54, 1.807) is 0 Å². The number of nitrogens with zero attached hydrogens (tertiary/aromatic N) is 6. The standard InChI is InChI=1S/C18H24N6O2/c1-2-3-4-5-6-7-8-9-10-14(18-22-17(13-20)26-24-18)11-15-21-16(12-19)25-23-15/h14H,2-11H2,1H3. The molecule has 2 aromatic rings. The van der Waals surface area contributed by atoms with E-state index < -0.39 is 0 Å². The van der Waals surface area contributed by atoms with Crippen molar-refractivity contribution in [2.75, 3.05) is 0 Å². The Labute approximate surface area is 153 Å². The van der Waals surface area contributed by atoms with E-state index in [1.807, 2.05) is 12.1 Å². The topological polar surface area (TPSA) is 125 Å². The van der Waals surface area contributed by atoms with Crippen LogP contribution in [-0.4, -0.2) is 20.3 Å². The Balaban J connectivity index is 1.85. The van der Waals surface area contributed by atoms with Crippen molar-refractivity contribution < 1.29 is 9.05 Å². The van der Waals surface area contributed by atoms with Gasteiger partial charge in [0, 0.05) is 12.3 Å². The Morgan fingerprint density at radius 1 is 0.846 bits per heavy atom. The van der Waals surface area contributed by atoms with Crippen molar-refractivity contribution in [1.29, 1.82) is 10.5 Å². The minimum Gasteiger partial charge on any atom is -0.323 e.